The van der Waals surface area contributed by atoms with Crippen LogP contribution in [0.4, 0.5) is 0 Å². The summed E-state index contributed by atoms with van der Waals surface area (Å²) in [6, 6.07) is 29.0. The molecule has 3 aromatic carbocycles. The van der Waals surface area contributed by atoms with Crippen LogP contribution in [0.1, 0.15) is 26.3 Å². The van der Waals surface area contributed by atoms with Gasteiger partial charge in [0.25, 0.3) is 8.32 Å². The first-order valence-electron chi connectivity index (χ1n) is 10.7. The summed E-state index contributed by atoms with van der Waals surface area (Å²) in [7, 11) is -3.79. The van der Waals surface area contributed by atoms with Crippen LogP contribution in [-0.2, 0) is 20.0 Å². The van der Waals surface area contributed by atoms with Crippen LogP contribution in [0, 0.1) is 6.92 Å². The van der Waals surface area contributed by atoms with Crippen molar-refractivity contribution in [2.24, 2.45) is 0 Å². The van der Waals surface area contributed by atoms with E-state index in [0.717, 1.165) is 10.5 Å². The summed E-state index contributed by atoms with van der Waals surface area (Å²) in [5.41, 5.74) is 0.852. The topological polar surface area (TPSA) is 38.8 Å². The molecule has 31 heavy (non-hydrogen) atoms. The Bertz CT molecular complexity index is 990. The predicted octanol–water partition coefficient (Wildman–Crippen LogP) is 4.40. The highest BCUT2D eigenvalue weighted by Crippen LogP contribution is 2.38. The van der Waals surface area contributed by atoms with E-state index in [0.29, 0.717) is 6.61 Å². The molecule has 1 heterocycles. The number of hydrogen-bond acceptors (Lipinski definition) is 3. The first kappa shape index (κ1) is 22.2. The van der Waals surface area contributed by atoms with Gasteiger partial charge in [-0.2, -0.15) is 0 Å². The third-order valence-corrected chi connectivity index (χ3v) is 12.5. The molecular formula is C26H30O3SSi. The van der Waals surface area contributed by atoms with E-state index in [9.17, 15) is 4.21 Å². The zero-order valence-corrected chi connectivity index (χ0v) is 20.4. The summed E-state index contributed by atoms with van der Waals surface area (Å²) >= 11 is 0. The quantitative estimate of drug-likeness (QED) is 0.395. The maximum absolute atomic E-state index is 12.9. The Kier molecular flexibility index (Phi) is 6.31. The Hall–Kier alpha value is -2.05. The highest BCUT2D eigenvalue weighted by Gasteiger charge is 2.53. The van der Waals surface area contributed by atoms with Crippen LogP contribution in [0.15, 0.2) is 89.8 Å². The van der Waals surface area contributed by atoms with Crippen LogP contribution in [0.5, 0.6) is 0 Å². The molecule has 0 unspecified atom stereocenters. The van der Waals surface area contributed by atoms with Crippen LogP contribution in [-0.4, -0.2) is 30.7 Å². The molecule has 1 aliphatic rings. The van der Waals surface area contributed by atoms with Gasteiger partial charge in [0, 0.05) is 4.90 Å². The van der Waals surface area contributed by atoms with E-state index in [4.69, 9.17) is 9.16 Å². The maximum Gasteiger partial charge on any atom is 0.261 e. The summed E-state index contributed by atoms with van der Waals surface area (Å²) in [6.07, 6.45) is -0.149. The van der Waals surface area contributed by atoms with Crippen molar-refractivity contribution in [3.63, 3.8) is 0 Å². The zero-order chi connectivity index (χ0) is 22.1. The number of ether oxygens (including phenoxy) is 1. The van der Waals surface area contributed by atoms with E-state index in [1.165, 1.54) is 10.4 Å². The predicted molar refractivity (Wildman–Crippen MR) is 130 cm³/mol. The fraction of sp³-hybridized carbons (Fsp3) is 0.308. The normalized spacial score (nSPS) is 19.7. The van der Waals surface area contributed by atoms with Gasteiger partial charge in [0.1, 0.15) is 6.10 Å². The van der Waals surface area contributed by atoms with Crippen molar-refractivity contribution in [1.82, 2.24) is 0 Å². The number of benzene rings is 3. The van der Waals surface area contributed by atoms with Gasteiger partial charge in [-0.15, -0.1) is 0 Å². The third-order valence-electron chi connectivity index (χ3n) is 5.88. The third kappa shape index (κ3) is 4.46. The van der Waals surface area contributed by atoms with Crippen LogP contribution < -0.4 is 10.4 Å². The summed E-state index contributed by atoms with van der Waals surface area (Å²) in [5, 5.41) is 2.40. The van der Waals surface area contributed by atoms with Gasteiger partial charge >= 0.3 is 0 Å². The van der Waals surface area contributed by atoms with Crippen LogP contribution >= 0.6 is 0 Å². The van der Waals surface area contributed by atoms with Gasteiger partial charge in [-0.3, -0.25) is 4.21 Å². The Morgan fingerprint density at radius 1 is 0.871 bits per heavy atom. The lowest BCUT2D eigenvalue weighted by molar-refractivity contribution is 0.249. The van der Waals surface area contributed by atoms with E-state index in [1.54, 1.807) is 0 Å². The molecule has 0 bridgehead atoms. The standard InChI is InChI=1S/C26H30O3SSi/c1-20-15-17-21(18-16-20)30(27)25-24(29-25)19-28-31(26(2,3)4,22-11-7-5-8-12-22)23-13-9-6-10-14-23/h5-18,24-25H,19H2,1-4H3/t24-,25-,30+/m1/s1. The molecule has 1 saturated heterocycles. The minimum absolute atomic E-state index is 0.0871. The molecule has 1 aliphatic heterocycles. The fourth-order valence-corrected chi connectivity index (χ4v) is 10.0. The largest absolute Gasteiger partial charge is 0.405 e. The summed E-state index contributed by atoms with van der Waals surface area (Å²) in [4.78, 5) is 0.809. The van der Waals surface area contributed by atoms with Crippen molar-refractivity contribution in [1.29, 1.82) is 0 Å². The van der Waals surface area contributed by atoms with Gasteiger partial charge in [0.15, 0.2) is 5.44 Å². The second-order valence-electron chi connectivity index (χ2n) is 9.13. The van der Waals surface area contributed by atoms with Crippen molar-refractivity contribution in [2.75, 3.05) is 6.61 Å². The van der Waals surface area contributed by atoms with E-state index >= 15 is 0 Å². The minimum Gasteiger partial charge on any atom is -0.405 e. The van der Waals surface area contributed by atoms with Crippen LogP contribution in [0.2, 0.25) is 5.04 Å². The van der Waals surface area contributed by atoms with E-state index < -0.39 is 19.1 Å². The Morgan fingerprint density at radius 3 is 1.87 bits per heavy atom. The van der Waals surface area contributed by atoms with Crippen molar-refractivity contribution < 1.29 is 13.4 Å². The lowest BCUT2D eigenvalue weighted by Crippen LogP contribution is -2.66. The summed E-state index contributed by atoms with van der Waals surface area (Å²) < 4.78 is 25.7. The van der Waals surface area contributed by atoms with Gasteiger partial charge in [0.05, 0.1) is 17.4 Å². The average molecular weight is 451 g/mol. The van der Waals surface area contributed by atoms with Gasteiger partial charge in [0.2, 0.25) is 0 Å². The van der Waals surface area contributed by atoms with Gasteiger partial charge < -0.3 is 9.16 Å². The molecule has 0 spiro atoms. The molecule has 0 amide bonds. The first-order chi connectivity index (χ1) is 14.8. The number of rotatable bonds is 7. The Balaban J connectivity index is 1.59. The van der Waals surface area contributed by atoms with Gasteiger partial charge in [-0.25, -0.2) is 0 Å². The molecule has 0 radical (unpaired) electrons. The molecule has 1 fully saturated rings. The molecule has 162 valence electrons. The lowest BCUT2D eigenvalue weighted by Gasteiger charge is -2.43. The summed E-state index contributed by atoms with van der Waals surface area (Å²) in [6.45, 7) is 9.25. The smallest absolute Gasteiger partial charge is 0.261 e. The minimum atomic E-state index is -2.60. The number of epoxide rings is 1. The molecule has 5 heteroatoms. The first-order valence-corrected chi connectivity index (χ1v) is 13.8. The van der Waals surface area contributed by atoms with Crippen LogP contribution in [0.25, 0.3) is 0 Å². The number of hydrogen-bond donors (Lipinski definition) is 0. The second kappa shape index (κ2) is 8.83. The Labute approximate surface area is 189 Å². The SMILES string of the molecule is Cc1ccc([S@](=O)[C@H]2O[C@@H]2CO[Si](c2ccccc2)(c2ccccc2)C(C)(C)C)cc1. The number of aryl methyl sites for hydroxylation is 1. The molecule has 0 saturated carbocycles. The average Bonchev–Trinajstić information content (AvgIpc) is 3.54. The van der Waals surface area contributed by atoms with E-state index in [1.807, 2.05) is 43.3 Å². The molecule has 0 N–H and O–H groups in total. The second-order valence-corrected chi connectivity index (χ2v) is 15.0. The Morgan fingerprint density at radius 2 is 1.39 bits per heavy atom. The van der Waals surface area contributed by atoms with Gasteiger partial charge in [-0.1, -0.05) is 99.1 Å². The molecule has 0 aromatic heterocycles. The molecule has 4 rings (SSSR count). The van der Waals surface area contributed by atoms with Gasteiger partial charge in [-0.05, 0) is 34.5 Å². The summed E-state index contributed by atoms with van der Waals surface area (Å²) in [5.74, 6) is 0. The molecule has 3 aromatic rings. The fourth-order valence-electron chi connectivity index (χ4n) is 4.21. The zero-order valence-electron chi connectivity index (χ0n) is 18.6. The lowest BCUT2D eigenvalue weighted by atomic mass is 10.2. The molecule has 3 nitrogen and oxygen atoms in total. The van der Waals surface area contributed by atoms with Crippen molar-refractivity contribution in [3.05, 3.63) is 90.5 Å². The van der Waals surface area contributed by atoms with Crippen molar-refractivity contribution in [2.45, 2.75) is 49.2 Å². The maximum atomic E-state index is 12.9. The van der Waals surface area contributed by atoms with E-state index in [2.05, 4.69) is 69.3 Å². The van der Waals surface area contributed by atoms with Crippen LogP contribution in [0.3, 0.4) is 0 Å². The molecule has 0 aliphatic carbocycles. The van der Waals surface area contributed by atoms with E-state index in [-0.39, 0.29) is 16.6 Å². The van der Waals surface area contributed by atoms with Crippen molar-refractivity contribution >= 4 is 29.5 Å². The monoisotopic (exact) mass is 450 g/mol. The van der Waals surface area contributed by atoms with Crippen molar-refractivity contribution in [3.8, 4) is 0 Å². The highest BCUT2D eigenvalue weighted by atomic mass is 32.2. The molecule has 3 atom stereocenters. The molecular weight excluding hydrogens is 420 g/mol. The highest BCUT2D eigenvalue weighted by molar-refractivity contribution is 7.85.